The van der Waals surface area contributed by atoms with Gasteiger partial charge >= 0.3 is 0 Å². The highest BCUT2D eigenvalue weighted by Crippen LogP contribution is 2.33. The van der Waals surface area contributed by atoms with Gasteiger partial charge in [0.15, 0.2) is 0 Å². The van der Waals surface area contributed by atoms with Gasteiger partial charge in [0.2, 0.25) is 0 Å². The summed E-state index contributed by atoms with van der Waals surface area (Å²) >= 11 is 1.51. The van der Waals surface area contributed by atoms with Gasteiger partial charge in [-0.1, -0.05) is 25.1 Å². The third kappa shape index (κ3) is 2.98. The SMILES string of the molecule is CCCc1nc2scc(-c3ccc4c(c3)CCCC4)c2c(=O)n1CCF. The summed E-state index contributed by atoms with van der Waals surface area (Å²) in [7, 11) is 0. The standard InChI is InChI=1S/C21H23FN2OS/c1-2-5-18-23-20-19(21(25)24(18)11-10-22)17(13-26-20)16-9-8-14-6-3-4-7-15(14)12-16/h8-9,12-13H,2-7,10-11H2,1H3. The molecule has 3 nitrogen and oxygen atoms in total. The van der Waals surface area contributed by atoms with E-state index in [-0.39, 0.29) is 12.1 Å². The number of halogens is 1. The second-order valence-corrected chi connectivity index (χ2v) is 7.80. The zero-order valence-electron chi connectivity index (χ0n) is 15.1. The maximum Gasteiger partial charge on any atom is 0.262 e. The largest absolute Gasteiger partial charge is 0.293 e. The van der Waals surface area contributed by atoms with E-state index in [1.54, 1.807) is 0 Å². The van der Waals surface area contributed by atoms with Gasteiger partial charge < -0.3 is 0 Å². The highest BCUT2D eigenvalue weighted by molar-refractivity contribution is 7.17. The zero-order valence-corrected chi connectivity index (χ0v) is 15.9. The van der Waals surface area contributed by atoms with E-state index in [1.807, 2.05) is 12.3 Å². The molecule has 0 bridgehead atoms. The molecule has 2 aromatic heterocycles. The summed E-state index contributed by atoms with van der Waals surface area (Å²) in [5.74, 6) is 0.696. The number of hydrogen-bond acceptors (Lipinski definition) is 3. The number of thiophene rings is 1. The molecule has 26 heavy (non-hydrogen) atoms. The summed E-state index contributed by atoms with van der Waals surface area (Å²) in [5, 5.41) is 2.66. The summed E-state index contributed by atoms with van der Waals surface area (Å²) in [6.45, 7) is 1.57. The lowest BCUT2D eigenvalue weighted by molar-refractivity contribution is 0.431. The van der Waals surface area contributed by atoms with Crippen LogP contribution < -0.4 is 5.56 Å². The van der Waals surface area contributed by atoms with Crippen LogP contribution in [0.25, 0.3) is 21.3 Å². The Morgan fingerprint density at radius 3 is 2.81 bits per heavy atom. The van der Waals surface area contributed by atoms with Crippen LogP contribution in [0.4, 0.5) is 4.39 Å². The van der Waals surface area contributed by atoms with E-state index in [4.69, 9.17) is 4.98 Å². The molecule has 0 saturated heterocycles. The van der Waals surface area contributed by atoms with Crippen molar-refractivity contribution in [3.63, 3.8) is 0 Å². The first kappa shape index (κ1) is 17.4. The monoisotopic (exact) mass is 370 g/mol. The molecule has 0 saturated carbocycles. The molecule has 0 radical (unpaired) electrons. The summed E-state index contributed by atoms with van der Waals surface area (Å²) < 4.78 is 14.6. The lowest BCUT2D eigenvalue weighted by Gasteiger charge is -2.16. The number of aryl methyl sites for hydroxylation is 3. The fraction of sp³-hybridized carbons (Fsp3) is 0.429. The molecule has 0 atom stereocenters. The molecule has 0 unspecified atom stereocenters. The molecular weight excluding hydrogens is 347 g/mol. The first-order chi connectivity index (χ1) is 12.7. The van der Waals surface area contributed by atoms with Crippen molar-refractivity contribution in [3.8, 4) is 11.1 Å². The van der Waals surface area contributed by atoms with Gasteiger partial charge in [0, 0.05) is 17.4 Å². The van der Waals surface area contributed by atoms with Crippen LogP contribution in [0.15, 0.2) is 28.4 Å². The zero-order chi connectivity index (χ0) is 18.1. The number of nitrogens with zero attached hydrogens (tertiary/aromatic N) is 2. The van der Waals surface area contributed by atoms with E-state index < -0.39 is 6.67 Å². The molecule has 0 fully saturated rings. The maximum absolute atomic E-state index is 13.1. The Hall–Kier alpha value is -2.01. The van der Waals surface area contributed by atoms with Crippen LogP contribution in [0.2, 0.25) is 0 Å². The van der Waals surface area contributed by atoms with Gasteiger partial charge in [-0.05, 0) is 48.8 Å². The van der Waals surface area contributed by atoms with Gasteiger partial charge in [-0.25, -0.2) is 9.37 Å². The van der Waals surface area contributed by atoms with Crippen molar-refractivity contribution in [2.24, 2.45) is 0 Å². The highest BCUT2D eigenvalue weighted by atomic mass is 32.1. The Morgan fingerprint density at radius 2 is 2.04 bits per heavy atom. The van der Waals surface area contributed by atoms with Crippen LogP contribution >= 0.6 is 11.3 Å². The third-order valence-corrected chi connectivity index (χ3v) is 6.09. The van der Waals surface area contributed by atoms with Crippen molar-refractivity contribution in [3.05, 3.63) is 50.9 Å². The Balaban J connectivity index is 1.89. The van der Waals surface area contributed by atoms with Crippen molar-refractivity contribution in [1.82, 2.24) is 9.55 Å². The lowest BCUT2D eigenvalue weighted by atomic mass is 9.89. The Kier molecular flexibility index (Phi) is 4.90. The topological polar surface area (TPSA) is 34.9 Å². The molecule has 136 valence electrons. The minimum absolute atomic E-state index is 0.0799. The van der Waals surface area contributed by atoms with E-state index in [9.17, 15) is 9.18 Å². The molecule has 0 amide bonds. The normalized spacial score (nSPS) is 13.9. The maximum atomic E-state index is 13.1. The highest BCUT2D eigenvalue weighted by Gasteiger charge is 2.18. The molecule has 1 aliphatic carbocycles. The summed E-state index contributed by atoms with van der Waals surface area (Å²) in [5.41, 5.74) is 4.73. The van der Waals surface area contributed by atoms with Crippen molar-refractivity contribution in [2.45, 2.75) is 52.0 Å². The second-order valence-electron chi connectivity index (χ2n) is 6.94. The summed E-state index contributed by atoms with van der Waals surface area (Å²) in [4.78, 5) is 18.6. The van der Waals surface area contributed by atoms with E-state index in [0.717, 1.165) is 35.2 Å². The molecule has 4 rings (SSSR count). The molecular formula is C21H23FN2OS. The third-order valence-electron chi connectivity index (χ3n) is 5.21. The van der Waals surface area contributed by atoms with Gasteiger partial charge in [-0.3, -0.25) is 9.36 Å². The molecule has 0 aliphatic heterocycles. The van der Waals surface area contributed by atoms with Gasteiger partial charge in [0.1, 0.15) is 17.3 Å². The fourth-order valence-corrected chi connectivity index (χ4v) is 4.87. The van der Waals surface area contributed by atoms with Crippen LogP contribution in [0, 0.1) is 0 Å². The number of hydrogen-bond donors (Lipinski definition) is 0. The lowest BCUT2D eigenvalue weighted by Crippen LogP contribution is -2.26. The average molecular weight is 370 g/mol. The predicted octanol–water partition coefficient (Wildman–Crippen LogP) is 4.93. The van der Waals surface area contributed by atoms with Crippen molar-refractivity contribution < 1.29 is 4.39 Å². The van der Waals surface area contributed by atoms with Crippen LogP contribution in [-0.4, -0.2) is 16.2 Å². The molecule has 0 spiro atoms. The summed E-state index contributed by atoms with van der Waals surface area (Å²) in [6, 6.07) is 6.55. The van der Waals surface area contributed by atoms with E-state index in [2.05, 4.69) is 18.2 Å². The molecule has 1 aliphatic rings. The second kappa shape index (κ2) is 7.31. The van der Waals surface area contributed by atoms with Gasteiger partial charge in [0.25, 0.3) is 5.56 Å². The number of aromatic nitrogens is 2. The first-order valence-corrected chi connectivity index (χ1v) is 10.3. The fourth-order valence-electron chi connectivity index (χ4n) is 3.91. The Bertz CT molecular complexity index is 1010. The average Bonchev–Trinajstić information content (AvgIpc) is 3.09. The van der Waals surface area contributed by atoms with Crippen LogP contribution in [0.3, 0.4) is 0 Å². The van der Waals surface area contributed by atoms with Gasteiger partial charge in [-0.15, -0.1) is 11.3 Å². The minimum Gasteiger partial charge on any atom is -0.293 e. The van der Waals surface area contributed by atoms with Crippen LogP contribution in [-0.2, 0) is 25.8 Å². The number of fused-ring (bicyclic) bond motifs is 2. The Morgan fingerprint density at radius 1 is 1.23 bits per heavy atom. The van der Waals surface area contributed by atoms with Crippen LogP contribution in [0.5, 0.6) is 0 Å². The van der Waals surface area contributed by atoms with E-state index in [1.165, 1.54) is 39.9 Å². The van der Waals surface area contributed by atoms with Gasteiger partial charge in [0.05, 0.1) is 11.9 Å². The van der Waals surface area contributed by atoms with Crippen LogP contribution in [0.1, 0.15) is 43.1 Å². The first-order valence-electron chi connectivity index (χ1n) is 9.42. The van der Waals surface area contributed by atoms with Gasteiger partial charge in [-0.2, -0.15) is 0 Å². The molecule has 2 heterocycles. The van der Waals surface area contributed by atoms with E-state index >= 15 is 0 Å². The minimum atomic E-state index is -0.553. The molecule has 5 heteroatoms. The predicted molar refractivity (Wildman–Crippen MR) is 106 cm³/mol. The summed E-state index contributed by atoms with van der Waals surface area (Å²) in [6.07, 6.45) is 6.31. The molecule has 0 N–H and O–H groups in total. The van der Waals surface area contributed by atoms with E-state index in [0.29, 0.717) is 17.6 Å². The van der Waals surface area contributed by atoms with Crippen molar-refractivity contribution in [1.29, 1.82) is 0 Å². The quantitative estimate of drug-likeness (QED) is 0.638. The number of alkyl halides is 1. The smallest absolute Gasteiger partial charge is 0.262 e. The Labute approximate surface area is 156 Å². The number of rotatable bonds is 5. The molecule has 1 aromatic carbocycles. The molecule has 3 aromatic rings. The number of benzene rings is 1. The van der Waals surface area contributed by atoms with Crippen molar-refractivity contribution >= 4 is 21.6 Å². The van der Waals surface area contributed by atoms with Crippen molar-refractivity contribution in [2.75, 3.05) is 6.67 Å².